The average molecular weight is 483 g/mol. The van der Waals surface area contributed by atoms with E-state index in [2.05, 4.69) is 9.62 Å². The molecule has 0 fully saturated rings. The van der Waals surface area contributed by atoms with E-state index in [9.17, 15) is 18.0 Å². The molecule has 0 aliphatic carbocycles. The lowest BCUT2D eigenvalue weighted by atomic mass is 10.0. The SMILES string of the molecule is CCN(CC)c1ccc2cc(C(=O)c3ccc(NS(=O)(=O)c4cccs4)cc3)c(=O)oc2c1. The monoisotopic (exact) mass is 482 g/mol. The second-order valence-corrected chi connectivity index (χ2v) is 10.1. The number of fused-ring (bicyclic) bond motifs is 1. The minimum absolute atomic E-state index is 0.0787. The lowest BCUT2D eigenvalue weighted by Gasteiger charge is -2.20. The van der Waals surface area contributed by atoms with Gasteiger partial charge in [0.25, 0.3) is 10.0 Å². The molecule has 0 aliphatic heterocycles. The second-order valence-electron chi connectivity index (χ2n) is 7.29. The van der Waals surface area contributed by atoms with Gasteiger partial charge in [-0.25, -0.2) is 13.2 Å². The van der Waals surface area contributed by atoms with E-state index in [0.717, 1.165) is 30.1 Å². The summed E-state index contributed by atoms with van der Waals surface area (Å²) in [4.78, 5) is 27.7. The third-order valence-corrected chi connectivity index (χ3v) is 8.03. The first kappa shape index (κ1) is 22.8. The van der Waals surface area contributed by atoms with Gasteiger partial charge in [0.2, 0.25) is 0 Å². The average Bonchev–Trinajstić information content (AvgIpc) is 3.35. The van der Waals surface area contributed by atoms with Crippen molar-refractivity contribution >= 4 is 49.5 Å². The molecule has 2 heterocycles. The summed E-state index contributed by atoms with van der Waals surface area (Å²) < 4.78 is 32.8. The number of thiophene rings is 1. The van der Waals surface area contributed by atoms with Crippen molar-refractivity contribution in [2.24, 2.45) is 0 Å². The van der Waals surface area contributed by atoms with Gasteiger partial charge >= 0.3 is 5.63 Å². The number of sulfonamides is 1. The maximum absolute atomic E-state index is 13.0. The maximum atomic E-state index is 13.0. The lowest BCUT2D eigenvalue weighted by molar-refractivity contribution is 0.103. The molecule has 1 N–H and O–H groups in total. The zero-order chi connectivity index (χ0) is 23.6. The first-order valence-electron chi connectivity index (χ1n) is 10.4. The maximum Gasteiger partial charge on any atom is 0.347 e. The Balaban J connectivity index is 1.59. The first-order valence-corrected chi connectivity index (χ1v) is 12.7. The van der Waals surface area contributed by atoms with E-state index in [1.807, 2.05) is 26.0 Å². The summed E-state index contributed by atoms with van der Waals surface area (Å²) in [7, 11) is -3.68. The summed E-state index contributed by atoms with van der Waals surface area (Å²) in [5.41, 5.74) is 1.13. The molecule has 0 bridgehead atoms. The molecule has 0 aliphatic rings. The van der Waals surface area contributed by atoms with Gasteiger partial charge in [0, 0.05) is 41.5 Å². The van der Waals surface area contributed by atoms with Crippen molar-refractivity contribution in [2.75, 3.05) is 22.7 Å². The Labute approximate surface area is 195 Å². The van der Waals surface area contributed by atoms with E-state index >= 15 is 0 Å². The number of nitrogens with one attached hydrogen (secondary N) is 1. The third kappa shape index (κ3) is 4.69. The fraction of sp³-hybridized carbons (Fsp3) is 0.167. The minimum Gasteiger partial charge on any atom is -0.422 e. The fourth-order valence-corrected chi connectivity index (χ4v) is 5.56. The van der Waals surface area contributed by atoms with Gasteiger partial charge in [-0.1, -0.05) is 6.07 Å². The Bertz CT molecular complexity index is 1450. The number of carbonyl (C=O) groups is 1. The fourth-order valence-electron chi connectivity index (χ4n) is 3.51. The molecule has 0 saturated carbocycles. The predicted molar refractivity (Wildman–Crippen MR) is 131 cm³/mol. The van der Waals surface area contributed by atoms with E-state index in [0.29, 0.717) is 16.7 Å². The van der Waals surface area contributed by atoms with E-state index in [4.69, 9.17) is 4.42 Å². The van der Waals surface area contributed by atoms with Crippen molar-refractivity contribution in [1.82, 2.24) is 0 Å². The molecule has 0 atom stereocenters. The van der Waals surface area contributed by atoms with Crippen LogP contribution in [-0.2, 0) is 10.0 Å². The van der Waals surface area contributed by atoms with Crippen LogP contribution in [0.1, 0.15) is 29.8 Å². The molecular weight excluding hydrogens is 460 g/mol. The topological polar surface area (TPSA) is 96.7 Å². The van der Waals surface area contributed by atoms with Crippen LogP contribution in [0.15, 0.2) is 79.5 Å². The van der Waals surface area contributed by atoms with Crippen molar-refractivity contribution < 1.29 is 17.6 Å². The molecule has 0 spiro atoms. The van der Waals surface area contributed by atoms with Crippen LogP contribution in [0, 0.1) is 0 Å². The van der Waals surface area contributed by atoms with Crippen molar-refractivity contribution in [3.63, 3.8) is 0 Å². The molecule has 9 heteroatoms. The van der Waals surface area contributed by atoms with Gasteiger partial charge in [-0.3, -0.25) is 9.52 Å². The highest BCUT2D eigenvalue weighted by Gasteiger charge is 2.18. The van der Waals surface area contributed by atoms with Crippen LogP contribution < -0.4 is 15.2 Å². The Morgan fingerprint density at radius 1 is 1.03 bits per heavy atom. The summed E-state index contributed by atoms with van der Waals surface area (Å²) in [5.74, 6) is -0.494. The third-order valence-electron chi connectivity index (χ3n) is 5.25. The van der Waals surface area contributed by atoms with Gasteiger partial charge in [-0.05, 0) is 67.8 Å². The van der Waals surface area contributed by atoms with Gasteiger partial charge in [-0.15, -0.1) is 11.3 Å². The van der Waals surface area contributed by atoms with Crippen LogP contribution in [0.3, 0.4) is 0 Å². The van der Waals surface area contributed by atoms with Crippen molar-refractivity contribution in [3.05, 3.63) is 87.6 Å². The lowest BCUT2D eigenvalue weighted by Crippen LogP contribution is -2.21. The minimum atomic E-state index is -3.68. The summed E-state index contributed by atoms with van der Waals surface area (Å²) in [6.45, 7) is 5.73. The largest absolute Gasteiger partial charge is 0.422 e. The van der Waals surface area contributed by atoms with E-state index in [1.165, 1.54) is 36.4 Å². The molecular formula is C24H22N2O5S2. The van der Waals surface area contributed by atoms with Crippen LogP contribution in [0.25, 0.3) is 11.0 Å². The Kier molecular flexibility index (Phi) is 6.35. The highest BCUT2D eigenvalue weighted by molar-refractivity contribution is 7.94. The zero-order valence-electron chi connectivity index (χ0n) is 18.1. The van der Waals surface area contributed by atoms with Gasteiger partial charge in [-0.2, -0.15) is 0 Å². The second kappa shape index (κ2) is 9.21. The standard InChI is InChI=1S/C24H22N2O5S2/c1-3-26(4-2)19-12-9-17-14-20(24(28)31-21(17)15-19)23(27)16-7-10-18(11-8-16)25-33(29,30)22-6-5-13-32-22/h5-15,25H,3-4H2,1-2H3. The molecule has 7 nitrogen and oxygen atoms in total. The molecule has 0 radical (unpaired) electrons. The molecule has 0 amide bonds. The molecule has 4 rings (SSSR count). The summed E-state index contributed by atoms with van der Waals surface area (Å²) in [5, 5.41) is 2.32. The van der Waals surface area contributed by atoms with Crippen LogP contribution in [-0.4, -0.2) is 27.3 Å². The van der Waals surface area contributed by atoms with Crippen molar-refractivity contribution in [2.45, 2.75) is 18.1 Å². The number of nitrogens with zero attached hydrogens (tertiary/aromatic N) is 1. The smallest absolute Gasteiger partial charge is 0.347 e. The van der Waals surface area contributed by atoms with Gasteiger partial charge < -0.3 is 9.32 Å². The highest BCUT2D eigenvalue weighted by atomic mass is 32.2. The summed E-state index contributed by atoms with van der Waals surface area (Å²) in [6, 6.07) is 16.2. The predicted octanol–water partition coefficient (Wildman–Crippen LogP) is 4.73. The number of hydrogen-bond acceptors (Lipinski definition) is 7. The van der Waals surface area contributed by atoms with Crippen molar-refractivity contribution in [3.8, 4) is 0 Å². The normalized spacial score (nSPS) is 11.5. The van der Waals surface area contributed by atoms with E-state index in [1.54, 1.807) is 17.5 Å². The molecule has 33 heavy (non-hydrogen) atoms. The van der Waals surface area contributed by atoms with Crippen LogP contribution in [0.2, 0.25) is 0 Å². The van der Waals surface area contributed by atoms with Gasteiger partial charge in [0.15, 0.2) is 5.78 Å². The van der Waals surface area contributed by atoms with Crippen LogP contribution in [0.4, 0.5) is 11.4 Å². The van der Waals surface area contributed by atoms with E-state index in [-0.39, 0.29) is 15.3 Å². The summed E-state index contributed by atoms with van der Waals surface area (Å²) in [6.07, 6.45) is 0. The van der Waals surface area contributed by atoms with Gasteiger partial charge in [0.05, 0.1) is 0 Å². The molecule has 170 valence electrons. The summed E-state index contributed by atoms with van der Waals surface area (Å²) >= 11 is 1.11. The zero-order valence-corrected chi connectivity index (χ0v) is 19.7. The molecule has 2 aromatic carbocycles. The molecule has 2 aromatic heterocycles. The Hall–Kier alpha value is -3.43. The first-order chi connectivity index (χ1) is 15.8. The Morgan fingerprint density at radius 2 is 1.76 bits per heavy atom. The number of carbonyl (C=O) groups excluding carboxylic acids is 1. The Morgan fingerprint density at radius 3 is 2.39 bits per heavy atom. The van der Waals surface area contributed by atoms with E-state index < -0.39 is 21.4 Å². The van der Waals surface area contributed by atoms with Gasteiger partial charge in [0.1, 0.15) is 15.4 Å². The number of anilines is 2. The molecule has 0 saturated heterocycles. The number of benzene rings is 2. The van der Waals surface area contributed by atoms with Crippen molar-refractivity contribution in [1.29, 1.82) is 0 Å². The number of ketones is 1. The number of hydrogen-bond donors (Lipinski definition) is 1. The molecule has 4 aromatic rings. The molecule has 0 unspecified atom stereocenters. The number of rotatable bonds is 8. The van der Waals surface area contributed by atoms with Crippen LogP contribution >= 0.6 is 11.3 Å². The van der Waals surface area contributed by atoms with Crippen LogP contribution in [0.5, 0.6) is 0 Å². The quantitative estimate of drug-likeness (QED) is 0.288. The highest BCUT2D eigenvalue weighted by Crippen LogP contribution is 2.24.